The minimum Gasteiger partial charge on any atom is -0.507 e. The normalized spacial score (nSPS) is 10.6. The van der Waals surface area contributed by atoms with Crippen LogP contribution in [0.3, 0.4) is 0 Å². The molecule has 3 heteroatoms. The Kier molecular flexibility index (Phi) is 9.36. The maximum Gasteiger partial charge on any atom is 0.166 e. The molecule has 0 fully saturated rings. The molecule has 0 saturated heterocycles. The fourth-order valence-electron chi connectivity index (χ4n) is 2.39. The number of aromatic hydroxyl groups is 1. The number of ketones is 1. The summed E-state index contributed by atoms with van der Waals surface area (Å²) in [6.07, 6.45) is 9.37. The number of phenols is 1. The summed E-state index contributed by atoms with van der Waals surface area (Å²) in [6.45, 7) is 4.98. The van der Waals surface area contributed by atoms with Crippen LogP contribution in [0.4, 0.5) is 0 Å². The van der Waals surface area contributed by atoms with Gasteiger partial charge >= 0.3 is 0 Å². The first-order valence-corrected chi connectivity index (χ1v) is 8.68. The molecule has 0 bridgehead atoms. The van der Waals surface area contributed by atoms with E-state index in [0.29, 0.717) is 24.3 Å². The number of hydrogen-bond acceptors (Lipinski definition) is 3. The SMILES string of the molecule is CCCCCCCC(=O)c1cc(OCCCCC)ccc1O. The van der Waals surface area contributed by atoms with E-state index in [0.717, 1.165) is 32.1 Å². The van der Waals surface area contributed by atoms with Crippen LogP contribution in [-0.2, 0) is 0 Å². The number of hydrogen-bond donors (Lipinski definition) is 1. The lowest BCUT2D eigenvalue weighted by atomic mass is 10.0. The number of Topliss-reactive ketones (excluding diaryl/α,β-unsaturated/α-hetero) is 1. The Balaban J connectivity index is 2.48. The Morgan fingerprint density at radius 3 is 2.41 bits per heavy atom. The number of phenolic OH excluding ortho intramolecular Hbond substituents is 1. The molecule has 0 atom stereocenters. The third kappa shape index (κ3) is 6.97. The van der Waals surface area contributed by atoms with E-state index in [1.165, 1.54) is 19.3 Å². The Bertz CT molecular complexity index is 440. The van der Waals surface area contributed by atoms with Crippen LogP contribution in [0.1, 0.15) is 82.0 Å². The number of benzene rings is 1. The standard InChI is InChI=1S/C19H30O3/c1-3-5-7-8-9-11-18(20)17-15-16(12-13-19(17)21)22-14-10-6-4-2/h12-13,15,21H,3-11,14H2,1-2H3. The fraction of sp³-hybridized carbons (Fsp3) is 0.632. The summed E-state index contributed by atoms with van der Waals surface area (Å²) >= 11 is 0. The Labute approximate surface area is 134 Å². The first kappa shape index (κ1) is 18.5. The molecule has 1 aromatic rings. The predicted molar refractivity (Wildman–Crippen MR) is 90.8 cm³/mol. The van der Waals surface area contributed by atoms with Crippen LogP contribution in [0, 0.1) is 0 Å². The maximum absolute atomic E-state index is 12.2. The zero-order chi connectivity index (χ0) is 16.2. The van der Waals surface area contributed by atoms with Crippen molar-refractivity contribution in [2.45, 2.75) is 71.6 Å². The highest BCUT2D eigenvalue weighted by molar-refractivity contribution is 5.98. The molecule has 1 N–H and O–H groups in total. The van der Waals surface area contributed by atoms with Crippen LogP contribution in [0.2, 0.25) is 0 Å². The second kappa shape index (κ2) is 11.1. The third-order valence-electron chi connectivity index (χ3n) is 3.79. The van der Waals surface area contributed by atoms with Gasteiger partial charge in [0.1, 0.15) is 11.5 Å². The minimum atomic E-state index is 0.00741. The van der Waals surface area contributed by atoms with Gasteiger partial charge in [-0.15, -0.1) is 0 Å². The van der Waals surface area contributed by atoms with Gasteiger partial charge in [0.2, 0.25) is 0 Å². The highest BCUT2D eigenvalue weighted by Gasteiger charge is 2.12. The average Bonchev–Trinajstić information content (AvgIpc) is 2.52. The third-order valence-corrected chi connectivity index (χ3v) is 3.79. The summed E-state index contributed by atoms with van der Waals surface area (Å²) in [5.74, 6) is 0.732. The summed E-state index contributed by atoms with van der Waals surface area (Å²) in [5, 5.41) is 9.88. The molecule has 0 aliphatic rings. The van der Waals surface area contributed by atoms with Crippen LogP contribution >= 0.6 is 0 Å². The van der Waals surface area contributed by atoms with Crippen LogP contribution in [0.25, 0.3) is 0 Å². The lowest BCUT2D eigenvalue weighted by Gasteiger charge is -2.09. The predicted octanol–water partition coefficient (Wildman–Crippen LogP) is 5.50. The van der Waals surface area contributed by atoms with Crippen LogP contribution in [0.15, 0.2) is 18.2 Å². The number of unbranched alkanes of at least 4 members (excludes halogenated alkanes) is 6. The van der Waals surface area contributed by atoms with E-state index in [9.17, 15) is 9.90 Å². The van der Waals surface area contributed by atoms with Gasteiger partial charge in [0.15, 0.2) is 5.78 Å². The van der Waals surface area contributed by atoms with Gasteiger partial charge in [-0.1, -0.05) is 52.4 Å². The molecule has 3 nitrogen and oxygen atoms in total. The molecule has 0 spiro atoms. The van der Waals surface area contributed by atoms with Crippen LogP contribution < -0.4 is 4.74 Å². The number of carbonyl (C=O) groups is 1. The summed E-state index contributed by atoms with van der Waals surface area (Å²) in [6, 6.07) is 4.95. The number of rotatable bonds is 12. The van der Waals surface area contributed by atoms with Crippen LogP contribution in [0.5, 0.6) is 11.5 Å². The van der Waals surface area contributed by atoms with Gasteiger partial charge in [-0.2, -0.15) is 0 Å². The smallest absolute Gasteiger partial charge is 0.166 e. The largest absolute Gasteiger partial charge is 0.507 e. The van der Waals surface area contributed by atoms with Crippen molar-refractivity contribution in [3.8, 4) is 11.5 Å². The maximum atomic E-state index is 12.2. The molecule has 0 aliphatic heterocycles. The second-order valence-electron chi connectivity index (χ2n) is 5.82. The Morgan fingerprint density at radius 2 is 1.68 bits per heavy atom. The van der Waals surface area contributed by atoms with E-state index in [4.69, 9.17) is 4.74 Å². The topological polar surface area (TPSA) is 46.5 Å². The molecule has 124 valence electrons. The molecule has 22 heavy (non-hydrogen) atoms. The first-order valence-electron chi connectivity index (χ1n) is 8.68. The Hall–Kier alpha value is -1.51. The monoisotopic (exact) mass is 306 g/mol. The zero-order valence-electron chi connectivity index (χ0n) is 14.1. The van der Waals surface area contributed by atoms with Crippen molar-refractivity contribution in [2.24, 2.45) is 0 Å². The van der Waals surface area contributed by atoms with E-state index in [2.05, 4.69) is 13.8 Å². The molecular weight excluding hydrogens is 276 g/mol. The van der Waals surface area contributed by atoms with E-state index >= 15 is 0 Å². The molecule has 0 unspecified atom stereocenters. The van der Waals surface area contributed by atoms with Gasteiger partial charge < -0.3 is 9.84 Å². The molecule has 1 rings (SSSR count). The summed E-state index contributed by atoms with van der Waals surface area (Å²) in [5.41, 5.74) is 0.392. The summed E-state index contributed by atoms with van der Waals surface area (Å²) < 4.78 is 5.65. The number of carbonyl (C=O) groups excluding carboxylic acids is 1. The van der Waals surface area contributed by atoms with Gasteiger partial charge in [-0.25, -0.2) is 0 Å². The van der Waals surface area contributed by atoms with Crippen molar-refractivity contribution in [2.75, 3.05) is 6.61 Å². The van der Waals surface area contributed by atoms with E-state index in [-0.39, 0.29) is 11.5 Å². The number of ether oxygens (including phenoxy) is 1. The highest BCUT2D eigenvalue weighted by Crippen LogP contribution is 2.25. The van der Waals surface area contributed by atoms with Gasteiger partial charge in [-0.05, 0) is 31.0 Å². The zero-order valence-corrected chi connectivity index (χ0v) is 14.1. The van der Waals surface area contributed by atoms with Crippen molar-refractivity contribution in [3.05, 3.63) is 23.8 Å². The van der Waals surface area contributed by atoms with E-state index < -0.39 is 0 Å². The molecule has 0 aromatic heterocycles. The summed E-state index contributed by atoms with van der Waals surface area (Å²) in [7, 11) is 0. The fourth-order valence-corrected chi connectivity index (χ4v) is 2.39. The van der Waals surface area contributed by atoms with Crippen molar-refractivity contribution in [1.82, 2.24) is 0 Å². The van der Waals surface area contributed by atoms with Crippen molar-refractivity contribution < 1.29 is 14.6 Å². The summed E-state index contributed by atoms with van der Waals surface area (Å²) in [4.78, 5) is 12.2. The van der Waals surface area contributed by atoms with Gasteiger partial charge in [-0.3, -0.25) is 4.79 Å². The molecule has 0 radical (unpaired) electrons. The van der Waals surface area contributed by atoms with E-state index in [1.54, 1.807) is 18.2 Å². The lowest BCUT2D eigenvalue weighted by molar-refractivity contribution is 0.0976. The van der Waals surface area contributed by atoms with E-state index in [1.807, 2.05) is 0 Å². The highest BCUT2D eigenvalue weighted by atomic mass is 16.5. The average molecular weight is 306 g/mol. The van der Waals surface area contributed by atoms with Crippen molar-refractivity contribution >= 4 is 5.78 Å². The quantitative estimate of drug-likeness (QED) is 0.409. The molecule has 0 saturated carbocycles. The van der Waals surface area contributed by atoms with Crippen molar-refractivity contribution in [1.29, 1.82) is 0 Å². The van der Waals surface area contributed by atoms with Crippen molar-refractivity contribution in [3.63, 3.8) is 0 Å². The lowest BCUT2D eigenvalue weighted by Crippen LogP contribution is -2.02. The van der Waals surface area contributed by atoms with Gasteiger partial charge in [0.25, 0.3) is 0 Å². The molecule has 0 amide bonds. The molecule has 1 aromatic carbocycles. The Morgan fingerprint density at radius 1 is 1.00 bits per heavy atom. The minimum absolute atomic E-state index is 0.00741. The second-order valence-corrected chi connectivity index (χ2v) is 5.82. The van der Waals surface area contributed by atoms with Gasteiger partial charge in [0.05, 0.1) is 12.2 Å². The van der Waals surface area contributed by atoms with Crippen LogP contribution in [-0.4, -0.2) is 17.5 Å². The van der Waals surface area contributed by atoms with Gasteiger partial charge in [0, 0.05) is 6.42 Å². The first-order chi connectivity index (χ1) is 10.7. The molecule has 0 heterocycles. The molecular formula is C19H30O3. The molecule has 0 aliphatic carbocycles.